The second-order valence-corrected chi connectivity index (χ2v) is 10.1. The summed E-state index contributed by atoms with van der Waals surface area (Å²) in [5.74, 6) is 1.93. The van der Waals surface area contributed by atoms with Crippen LogP contribution < -0.4 is 0 Å². The van der Waals surface area contributed by atoms with Gasteiger partial charge in [0.05, 0.1) is 30.3 Å². The minimum Gasteiger partial charge on any atom is -0.393 e. The number of nitriles is 1. The maximum atomic E-state index is 11.3. The summed E-state index contributed by atoms with van der Waals surface area (Å²) in [4.78, 5) is 0. The SMILES string of the molecule is CCO[C@H]1C[C@]2(C)C3[C@@H](CC[C@H]2C[C@@H]1O)C1CC[C@H](C#N)[C@@]1(C)C[C@@H]3O. The van der Waals surface area contributed by atoms with Crippen molar-refractivity contribution in [1.29, 1.82) is 5.26 Å². The van der Waals surface area contributed by atoms with Crippen molar-refractivity contribution in [2.24, 2.45) is 40.4 Å². The zero-order valence-electron chi connectivity index (χ0n) is 16.5. The molecular formula is C22H35NO3. The monoisotopic (exact) mass is 361 g/mol. The Balaban J connectivity index is 1.65. The van der Waals surface area contributed by atoms with Gasteiger partial charge in [-0.1, -0.05) is 13.8 Å². The fourth-order valence-electron chi connectivity index (χ4n) is 7.98. The lowest BCUT2D eigenvalue weighted by molar-refractivity contribution is -0.201. The van der Waals surface area contributed by atoms with E-state index in [1.807, 2.05) is 6.92 Å². The van der Waals surface area contributed by atoms with E-state index >= 15 is 0 Å². The van der Waals surface area contributed by atoms with E-state index in [1.54, 1.807) is 0 Å². The molecule has 0 heterocycles. The number of nitrogens with zero attached hydrogens (tertiary/aromatic N) is 1. The number of aliphatic hydroxyl groups excluding tert-OH is 2. The van der Waals surface area contributed by atoms with Crippen LogP contribution in [0, 0.1) is 51.8 Å². The standard InChI is InChI=1S/C22H35NO3/c1-4-26-19-11-22(3)13(9-17(19)24)5-7-15-16-8-6-14(12-23)21(16,2)10-18(25)20(15)22/h13-20,24-25H,4-11H2,1-3H3/t13-,14+,15-,16?,17-,18-,19-,20?,21+,22-/m0/s1. The van der Waals surface area contributed by atoms with Gasteiger partial charge in [0, 0.05) is 6.61 Å². The van der Waals surface area contributed by atoms with Crippen LogP contribution in [-0.2, 0) is 4.74 Å². The van der Waals surface area contributed by atoms with E-state index in [-0.39, 0.29) is 41.0 Å². The van der Waals surface area contributed by atoms with Gasteiger partial charge >= 0.3 is 0 Å². The topological polar surface area (TPSA) is 73.5 Å². The Hall–Kier alpha value is -0.630. The van der Waals surface area contributed by atoms with Crippen LogP contribution in [0.4, 0.5) is 0 Å². The highest BCUT2D eigenvalue weighted by atomic mass is 16.5. The smallest absolute Gasteiger partial charge is 0.0839 e. The average Bonchev–Trinajstić information content (AvgIpc) is 2.91. The molecule has 0 aromatic rings. The van der Waals surface area contributed by atoms with Crippen LogP contribution in [0.5, 0.6) is 0 Å². The molecule has 146 valence electrons. The first-order valence-corrected chi connectivity index (χ1v) is 10.7. The average molecular weight is 362 g/mol. The molecule has 4 heteroatoms. The van der Waals surface area contributed by atoms with Crippen molar-refractivity contribution >= 4 is 0 Å². The van der Waals surface area contributed by atoms with Gasteiger partial charge in [-0.25, -0.2) is 0 Å². The number of hydrogen-bond donors (Lipinski definition) is 2. The van der Waals surface area contributed by atoms with E-state index in [4.69, 9.17) is 4.74 Å². The summed E-state index contributed by atoms with van der Waals surface area (Å²) in [6.45, 7) is 7.24. The molecule has 4 rings (SSSR count). The van der Waals surface area contributed by atoms with Crippen molar-refractivity contribution in [3.8, 4) is 6.07 Å². The summed E-state index contributed by atoms with van der Waals surface area (Å²) in [6, 6.07) is 2.55. The van der Waals surface area contributed by atoms with Crippen molar-refractivity contribution in [2.75, 3.05) is 6.61 Å². The van der Waals surface area contributed by atoms with Gasteiger partial charge in [-0.15, -0.1) is 0 Å². The van der Waals surface area contributed by atoms with Gasteiger partial charge in [0.2, 0.25) is 0 Å². The summed E-state index contributed by atoms with van der Waals surface area (Å²) in [5.41, 5.74) is 0.0134. The molecule has 26 heavy (non-hydrogen) atoms. The summed E-state index contributed by atoms with van der Waals surface area (Å²) < 4.78 is 5.89. The van der Waals surface area contributed by atoms with Crippen LogP contribution in [-0.4, -0.2) is 35.1 Å². The van der Waals surface area contributed by atoms with Crippen molar-refractivity contribution in [3.05, 3.63) is 0 Å². The van der Waals surface area contributed by atoms with Crippen LogP contribution in [0.2, 0.25) is 0 Å². The first-order valence-electron chi connectivity index (χ1n) is 10.7. The Morgan fingerprint density at radius 3 is 2.50 bits per heavy atom. The third kappa shape index (κ3) is 2.50. The Morgan fingerprint density at radius 1 is 1.04 bits per heavy atom. The second kappa shape index (κ2) is 6.47. The highest BCUT2D eigenvalue weighted by Crippen LogP contribution is 2.67. The minimum atomic E-state index is -0.370. The Morgan fingerprint density at radius 2 is 1.81 bits per heavy atom. The first kappa shape index (κ1) is 18.7. The van der Waals surface area contributed by atoms with E-state index in [0.29, 0.717) is 24.4 Å². The maximum Gasteiger partial charge on any atom is 0.0839 e. The highest BCUT2D eigenvalue weighted by molar-refractivity contribution is 5.15. The first-order chi connectivity index (χ1) is 12.3. The minimum absolute atomic E-state index is 0.0218. The molecule has 0 aliphatic heterocycles. The number of hydrogen-bond acceptors (Lipinski definition) is 4. The van der Waals surface area contributed by atoms with Crippen molar-refractivity contribution < 1.29 is 14.9 Å². The maximum absolute atomic E-state index is 11.3. The van der Waals surface area contributed by atoms with Gasteiger partial charge in [-0.05, 0) is 86.4 Å². The van der Waals surface area contributed by atoms with Gasteiger partial charge in [-0.2, -0.15) is 5.26 Å². The molecule has 4 aliphatic rings. The third-order valence-corrected chi connectivity index (χ3v) is 9.13. The van der Waals surface area contributed by atoms with Crippen LogP contribution >= 0.6 is 0 Å². The van der Waals surface area contributed by atoms with Crippen LogP contribution in [0.3, 0.4) is 0 Å². The van der Waals surface area contributed by atoms with E-state index in [2.05, 4.69) is 19.9 Å². The van der Waals surface area contributed by atoms with Crippen LogP contribution in [0.25, 0.3) is 0 Å². The van der Waals surface area contributed by atoms with Crippen molar-refractivity contribution in [2.45, 2.75) is 84.0 Å². The molecule has 4 fully saturated rings. The molecule has 4 saturated carbocycles. The quantitative estimate of drug-likeness (QED) is 0.789. The highest BCUT2D eigenvalue weighted by Gasteiger charge is 2.64. The fraction of sp³-hybridized carbons (Fsp3) is 0.955. The largest absolute Gasteiger partial charge is 0.393 e. The van der Waals surface area contributed by atoms with Gasteiger partial charge in [0.25, 0.3) is 0 Å². The Kier molecular flexibility index (Phi) is 4.66. The third-order valence-electron chi connectivity index (χ3n) is 9.13. The molecule has 0 radical (unpaired) electrons. The summed E-state index contributed by atoms with van der Waals surface area (Å²) >= 11 is 0. The van der Waals surface area contributed by atoms with Gasteiger partial charge in [0.15, 0.2) is 0 Å². The molecule has 0 saturated heterocycles. The van der Waals surface area contributed by atoms with E-state index in [1.165, 1.54) is 0 Å². The molecule has 0 spiro atoms. The normalized spacial score (nSPS) is 56.2. The molecule has 0 bridgehead atoms. The summed E-state index contributed by atoms with van der Waals surface area (Å²) in [7, 11) is 0. The second-order valence-electron chi connectivity index (χ2n) is 10.1. The number of aliphatic hydroxyl groups is 2. The summed E-state index contributed by atoms with van der Waals surface area (Å²) in [5, 5.41) is 31.5. The predicted octanol–water partition coefficient (Wildman–Crippen LogP) is 3.52. The van der Waals surface area contributed by atoms with E-state index in [0.717, 1.165) is 44.9 Å². The Bertz CT molecular complexity index is 588. The fourth-order valence-corrected chi connectivity index (χ4v) is 7.98. The molecule has 10 atom stereocenters. The molecule has 0 aromatic carbocycles. The summed E-state index contributed by atoms with van der Waals surface area (Å²) in [6.07, 6.45) is 6.05. The van der Waals surface area contributed by atoms with Crippen molar-refractivity contribution in [1.82, 2.24) is 0 Å². The molecule has 0 aromatic heterocycles. The number of fused-ring (bicyclic) bond motifs is 5. The molecule has 4 aliphatic carbocycles. The molecule has 4 nitrogen and oxygen atoms in total. The predicted molar refractivity (Wildman–Crippen MR) is 99.0 cm³/mol. The molecular weight excluding hydrogens is 326 g/mol. The van der Waals surface area contributed by atoms with Crippen molar-refractivity contribution in [3.63, 3.8) is 0 Å². The lowest BCUT2D eigenvalue weighted by Gasteiger charge is -2.62. The van der Waals surface area contributed by atoms with Gasteiger partial charge in [-0.3, -0.25) is 0 Å². The zero-order valence-corrected chi connectivity index (χ0v) is 16.5. The molecule has 0 amide bonds. The molecule has 2 unspecified atom stereocenters. The Labute approximate surface area is 157 Å². The number of ether oxygens (including phenoxy) is 1. The van der Waals surface area contributed by atoms with E-state index in [9.17, 15) is 15.5 Å². The lowest BCUT2D eigenvalue weighted by Crippen LogP contribution is -2.61. The molecule has 2 N–H and O–H groups in total. The zero-order chi connectivity index (χ0) is 18.7. The van der Waals surface area contributed by atoms with Crippen LogP contribution in [0.1, 0.15) is 65.7 Å². The number of rotatable bonds is 2. The van der Waals surface area contributed by atoms with E-state index < -0.39 is 0 Å². The van der Waals surface area contributed by atoms with Gasteiger partial charge in [0.1, 0.15) is 0 Å². The lowest BCUT2D eigenvalue weighted by atomic mass is 9.43. The van der Waals surface area contributed by atoms with Gasteiger partial charge < -0.3 is 14.9 Å². The van der Waals surface area contributed by atoms with Crippen LogP contribution in [0.15, 0.2) is 0 Å².